The maximum Gasteiger partial charge on any atom is 0.233 e. The van der Waals surface area contributed by atoms with Gasteiger partial charge in [0, 0.05) is 0 Å². The number of amides is 1. The minimum atomic E-state index is -0.459. The third-order valence-electron chi connectivity index (χ3n) is 3.03. The molecule has 0 aliphatic heterocycles. The van der Waals surface area contributed by atoms with Gasteiger partial charge in [0.25, 0.3) is 0 Å². The summed E-state index contributed by atoms with van der Waals surface area (Å²) in [6.07, 6.45) is 0. The molecule has 0 radical (unpaired) electrons. The zero-order valence-corrected chi connectivity index (χ0v) is 13.5. The van der Waals surface area contributed by atoms with E-state index >= 15 is 0 Å². The summed E-state index contributed by atoms with van der Waals surface area (Å²) in [4.78, 5) is 23.7. The fraction of sp³-hybridized carbons (Fsp3) is 0.286. The first-order valence-electron chi connectivity index (χ1n) is 6.84. The molecule has 2 aromatic rings. The molecule has 0 spiro atoms. The number of nitrogen functional groups attached to an aromatic ring is 2. The summed E-state index contributed by atoms with van der Waals surface area (Å²) in [5.41, 5.74) is 11.8. The molecule has 122 valence electrons. The Kier molecular flexibility index (Phi) is 5.32. The highest BCUT2D eigenvalue weighted by atomic mass is 32.2. The van der Waals surface area contributed by atoms with E-state index in [2.05, 4.69) is 20.3 Å². The van der Waals surface area contributed by atoms with Crippen LogP contribution in [0.15, 0.2) is 29.4 Å². The number of benzene rings is 1. The van der Waals surface area contributed by atoms with Crippen LogP contribution >= 0.6 is 11.8 Å². The zero-order chi connectivity index (χ0) is 17.0. The van der Waals surface area contributed by atoms with Gasteiger partial charge in [0.15, 0.2) is 5.16 Å². The highest BCUT2D eigenvalue weighted by Crippen LogP contribution is 2.21. The largest absolute Gasteiger partial charge is 0.368 e. The number of carbonyl (C=O) groups is 1. The van der Waals surface area contributed by atoms with Crippen LogP contribution in [0.25, 0.3) is 0 Å². The van der Waals surface area contributed by atoms with Crippen molar-refractivity contribution < 1.29 is 9.18 Å². The molecule has 2 atom stereocenters. The number of nitrogens with zero attached hydrogens (tertiary/aromatic N) is 3. The Balaban J connectivity index is 1.97. The van der Waals surface area contributed by atoms with Crippen LogP contribution in [0, 0.1) is 5.82 Å². The number of anilines is 2. The van der Waals surface area contributed by atoms with Gasteiger partial charge in [-0.25, -0.2) is 4.39 Å². The molecule has 0 aliphatic rings. The first-order chi connectivity index (χ1) is 10.8. The summed E-state index contributed by atoms with van der Waals surface area (Å²) in [6.45, 7) is 3.54. The fourth-order valence-electron chi connectivity index (χ4n) is 1.82. The van der Waals surface area contributed by atoms with E-state index in [1.807, 2.05) is 6.92 Å². The summed E-state index contributed by atoms with van der Waals surface area (Å²) < 4.78 is 12.9. The third kappa shape index (κ3) is 4.78. The molecule has 2 rings (SSSR count). The van der Waals surface area contributed by atoms with Gasteiger partial charge in [-0.15, -0.1) is 0 Å². The molecule has 0 bridgehead atoms. The van der Waals surface area contributed by atoms with Crippen LogP contribution in [0.3, 0.4) is 0 Å². The van der Waals surface area contributed by atoms with Gasteiger partial charge in [0.1, 0.15) is 5.82 Å². The van der Waals surface area contributed by atoms with E-state index in [9.17, 15) is 9.18 Å². The van der Waals surface area contributed by atoms with Crippen LogP contribution in [0.2, 0.25) is 0 Å². The molecule has 1 amide bonds. The van der Waals surface area contributed by atoms with Gasteiger partial charge in [-0.3, -0.25) is 4.79 Å². The van der Waals surface area contributed by atoms with Crippen LogP contribution in [0.1, 0.15) is 25.5 Å². The van der Waals surface area contributed by atoms with Crippen molar-refractivity contribution in [1.29, 1.82) is 0 Å². The summed E-state index contributed by atoms with van der Waals surface area (Å²) in [7, 11) is 0. The Morgan fingerprint density at radius 2 is 1.70 bits per heavy atom. The second-order valence-corrected chi connectivity index (χ2v) is 6.18. The smallest absolute Gasteiger partial charge is 0.233 e. The van der Waals surface area contributed by atoms with E-state index in [0.29, 0.717) is 0 Å². The molecule has 0 aliphatic carbocycles. The highest BCUT2D eigenvalue weighted by molar-refractivity contribution is 8.00. The molecule has 0 unspecified atom stereocenters. The van der Waals surface area contributed by atoms with Crippen LogP contribution in [-0.4, -0.2) is 26.1 Å². The highest BCUT2D eigenvalue weighted by Gasteiger charge is 2.19. The van der Waals surface area contributed by atoms with Crippen LogP contribution in [0.4, 0.5) is 16.3 Å². The number of hydrogen-bond donors (Lipinski definition) is 3. The SMILES string of the molecule is C[C@H](NC(=O)[C@@H](C)Sc1nc(N)nc(N)n1)c1ccc(F)cc1. The molecular weight excluding hydrogens is 319 g/mol. The first kappa shape index (κ1) is 16.9. The van der Waals surface area contributed by atoms with Crippen molar-refractivity contribution in [2.75, 3.05) is 11.5 Å². The van der Waals surface area contributed by atoms with E-state index in [1.165, 1.54) is 12.1 Å². The van der Waals surface area contributed by atoms with Crippen LogP contribution in [-0.2, 0) is 4.79 Å². The number of halogens is 1. The topological polar surface area (TPSA) is 120 Å². The van der Waals surface area contributed by atoms with E-state index in [4.69, 9.17) is 11.5 Å². The van der Waals surface area contributed by atoms with Gasteiger partial charge in [-0.1, -0.05) is 23.9 Å². The van der Waals surface area contributed by atoms with Gasteiger partial charge < -0.3 is 16.8 Å². The van der Waals surface area contributed by atoms with Crippen molar-refractivity contribution >= 4 is 29.6 Å². The van der Waals surface area contributed by atoms with Gasteiger partial charge in [-0.05, 0) is 31.5 Å². The molecule has 7 nitrogen and oxygen atoms in total. The lowest BCUT2D eigenvalue weighted by Crippen LogP contribution is -2.33. The minimum Gasteiger partial charge on any atom is -0.368 e. The first-order valence-corrected chi connectivity index (χ1v) is 7.72. The van der Waals surface area contributed by atoms with Gasteiger partial charge in [0.2, 0.25) is 17.8 Å². The summed E-state index contributed by atoms with van der Waals surface area (Å²) in [6, 6.07) is 5.72. The van der Waals surface area contributed by atoms with Crippen molar-refractivity contribution in [2.24, 2.45) is 0 Å². The number of hydrogen-bond acceptors (Lipinski definition) is 7. The summed E-state index contributed by atoms with van der Waals surface area (Å²) in [5, 5.41) is 2.67. The quantitative estimate of drug-likeness (QED) is 0.708. The molecule has 1 aromatic heterocycles. The molecular formula is C14H17FN6OS. The molecule has 23 heavy (non-hydrogen) atoms. The average Bonchev–Trinajstić information content (AvgIpc) is 2.46. The lowest BCUT2D eigenvalue weighted by Gasteiger charge is -2.17. The molecule has 9 heteroatoms. The second-order valence-electron chi connectivity index (χ2n) is 4.88. The maximum absolute atomic E-state index is 12.9. The fourth-order valence-corrected chi connectivity index (χ4v) is 2.60. The lowest BCUT2D eigenvalue weighted by molar-refractivity contribution is -0.120. The van der Waals surface area contributed by atoms with E-state index < -0.39 is 5.25 Å². The normalized spacial score (nSPS) is 13.3. The lowest BCUT2D eigenvalue weighted by atomic mass is 10.1. The molecule has 1 heterocycles. The monoisotopic (exact) mass is 336 g/mol. The summed E-state index contributed by atoms with van der Waals surface area (Å²) in [5.74, 6) is -0.509. The predicted octanol–water partition coefficient (Wildman–Crippen LogP) is 1.53. The van der Waals surface area contributed by atoms with Crippen molar-refractivity contribution in [3.8, 4) is 0 Å². The number of nitrogens with two attached hydrogens (primary N) is 2. The predicted molar refractivity (Wildman–Crippen MR) is 86.9 cm³/mol. The number of nitrogens with one attached hydrogen (secondary N) is 1. The second kappa shape index (κ2) is 7.23. The standard InChI is InChI=1S/C14H17FN6OS/c1-7(9-3-5-10(15)6-4-9)18-11(22)8(2)23-14-20-12(16)19-13(17)21-14/h3-8H,1-2H3,(H,18,22)(H4,16,17,19,20,21)/t7-,8+/m0/s1. The molecule has 5 N–H and O–H groups in total. The Morgan fingerprint density at radius 3 is 2.26 bits per heavy atom. The summed E-state index contributed by atoms with van der Waals surface area (Å²) >= 11 is 1.13. The number of carbonyl (C=O) groups excluding carboxylic acids is 1. The number of rotatable bonds is 5. The Hall–Kier alpha value is -2.42. The van der Waals surface area contributed by atoms with Gasteiger partial charge in [0.05, 0.1) is 11.3 Å². The van der Waals surface area contributed by atoms with Crippen LogP contribution in [0.5, 0.6) is 0 Å². The Bertz CT molecular complexity index is 676. The van der Waals surface area contributed by atoms with Gasteiger partial charge >= 0.3 is 0 Å². The van der Waals surface area contributed by atoms with Crippen molar-refractivity contribution in [3.05, 3.63) is 35.6 Å². The molecule has 0 fully saturated rings. The van der Waals surface area contributed by atoms with Gasteiger partial charge in [-0.2, -0.15) is 15.0 Å². The number of thioether (sulfide) groups is 1. The van der Waals surface area contributed by atoms with E-state index in [-0.39, 0.29) is 34.8 Å². The van der Waals surface area contributed by atoms with Crippen molar-refractivity contribution in [3.63, 3.8) is 0 Å². The molecule has 0 saturated heterocycles. The van der Waals surface area contributed by atoms with E-state index in [1.54, 1.807) is 19.1 Å². The molecule has 1 aromatic carbocycles. The Morgan fingerprint density at radius 1 is 1.13 bits per heavy atom. The Labute approximate surface area is 137 Å². The zero-order valence-electron chi connectivity index (χ0n) is 12.7. The number of aromatic nitrogens is 3. The van der Waals surface area contributed by atoms with Crippen LogP contribution < -0.4 is 16.8 Å². The van der Waals surface area contributed by atoms with Crippen molar-refractivity contribution in [1.82, 2.24) is 20.3 Å². The minimum absolute atomic E-state index is 0.00675. The molecule has 0 saturated carbocycles. The van der Waals surface area contributed by atoms with Crippen molar-refractivity contribution in [2.45, 2.75) is 30.3 Å². The third-order valence-corrected chi connectivity index (χ3v) is 3.99. The average molecular weight is 336 g/mol. The maximum atomic E-state index is 12.9. The van der Waals surface area contributed by atoms with E-state index in [0.717, 1.165) is 17.3 Å².